The van der Waals surface area contributed by atoms with E-state index < -0.39 is 0 Å². The molecule has 0 saturated carbocycles. The summed E-state index contributed by atoms with van der Waals surface area (Å²) in [6.07, 6.45) is 0. The maximum atomic E-state index is 4.53. The van der Waals surface area contributed by atoms with E-state index in [-0.39, 0.29) is 0 Å². The van der Waals surface area contributed by atoms with E-state index in [9.17, 15) is 0 Å². The first-order valence-electron chi connectivity index (χ1n) is 6.81. The molecule has 0 radical (unpaired) electrons. The van der Waals surface area contributed by atoms with Crippen LogP contribution < -0.4 is 10.2 Å². The smallest absolute Gasteiger partial charge is 0.257 e. The van der Waals surface area contributed by atoms with Crippen molar-refractivity contribution >= 4 is 11.9 Å². The van der Waals surface area contributed by atoms with E-state index in [0.717, 1.165) is 24.5 Å². The van der Waals surface area contributed by atoms with Crippen LogP contribution in [0.25, 0.3) is 5.95 Å². The zero-order chi connectivity index (χ0) is 14.7. The van der Waals surface area contributed by atoms with E-state index >= 15 is 0 Å². The van der Waals surface area contributed by atoms with Gasteiger partial charge >= 0.3 is 0 Å². The predicted molar refractivity (Wildman–Crippen MR) is 79.5 cm³/mol. The molecule has 0 saturated heterocycles. The van der Waals surface area contributed by atoms with E-state index in [1.807, 2.05) is 19.9 Å². The molecule has 2 rings (SSSR count). The van der Waals surface area contributed by atoms with Crippen molar-refractivity contribution in [1.82, 2.24) is 24.7 Å². The van der Waals surface area contributed by atoms with E-state index in [0.29, 0.717) is 17.8 Å². The first-order valence-corrected chi connectivity index (χ1v) is 6.81. The summed E-state index contributed by atoms with van der Waals surface area (Å²) in [7, 11) is 1.80. The summed E-state index contributed by atoms with van der Waals surface area (Å²) in [6, 6.07) is 2.00. The second kappa shape index (κ2) is 5.85. The Labute approximate surface area is 119 Å². The molecule has 0 bridgehead atoms. The number of hydrogen-bond donors (Lipinski definition) is 1. The molecule has 2 aromatic rings. The van der Waals surface area contributed by atoms with Crippen LogP contribution in [-0.4, -0.2) is 44.9 Å². The first-order chi connectivity index (χ1) is 9.58. The van der Waals surface area contributed by atoms with Crippen molar-refractivity contribution in [1.29, 1.82) is 0 Å². The van der Waals surface area contributed by atoms with Crippen molar-refractivity contribution in [3.05, 3.63) is 17.5 Å². The average molecular weight is 275 g/mol. The maximum Gasteiger partial charge on any atom is 0.257 e. The second-order valence-electron chi connectivity index (χ2n) is 4.52. The van der Waals surface area contributed by atoms with Crippen molar-refractivity contribution in [3.63, 3.8) is 0 Å². The van der Waals surface area contributed by atoms with Gasteiger partial charge in [0.25, 0.3) is 5.95 Å². The van der Waals surface area contributed by atoms with Crippen LogP contribution in [0.5, 0.6) is 0 Å². The highest BCUT2D eigenvalue weighted by Gasteiger charge is 2.13. The minimum Gasteiger partial charge on any atom is -0.357 e. The van der Waals surface area contributed by atoms with Crippen LogP contribution in [0.1, 0.15) is 25.2 Å². The van der Waals surface area contributed by atoms with Gasteiger partial charge in [-0.3, -0.25) is 0 Å². The minimum absolute atomic E-state index is 0.539. The molecular formula is C13H21N7. The SMILES string of the molecule is CCN(CC)c1nc(NC)nc(-n2nc(C)cc2C)n1. The van der Waals surface area contributed by atoms with Gasteiger partial charge in [-0.25, -0.2) is 4.68 Å². The lowest BCUT2D eigenvalue weighted by Crippen LogP contribution is -2.25. The van der Waals surface area contributed by atoms with Crippen LogP contribution in [0.15, 0.2) is 6.07 Å². The summed E-state index contributed by atoms with van der Waals surface area (Å²) >= 11 is 0. The molecule has 0 aliphatic heterocycles. The summed E-state index contributed by atoms with van der Waals surface area (Å²) in [5, 5.41) is 7.40. The molecule has 0 amide bonds. The predicted octanol–water partition coefficient (Wildman–Crippen LogP) is 1.56. The van der Waals surface area contributed by atoms with E-state index in [2.05, 4.69) is 44.1 Å². The monoisotopic (exact) mass is 275 g/mol. The first kappa shape index (κ1) is 14.2. The van der Waals surface area contributed by atoms with E-state index in [1.54, 1.807) is 11.7 Å². The number of hydrogen-bond acceptors (Lipinski definition) is 6. The van der Waals surface area contributed by atoms with E-state index in [4.69, 9.17) is 0 Å². The molecule has 108 valence electrons. The molecule has 0 fully saturated rings. The van der Waals surface area contributed by atoms with Gasteiger partial charge in [0.1, 0.15) is 0 Å². The quantitative estimate of drug-likeness (QED) is 0.893. The van der Waals surface area contributed by atoms with Gasteiger partial charge < -0.3 is 10.2 Å². The Kier molecular flexibility index (Phi) is 4.16. The minimum atomic E-state index is 0.539. The number of aromatic nitrogens is 5. The van der Waals surface area contributed by atoms with Crippen LogP contribution >= 0.6 is 0 Å². The molecule has 0 unspecified atom stereocenters. The van der Waals surface area contributed by atoms with Gasteiger partial charge in [-0.1, -0.05) is 0 Å². The molecule has 0 spiro atoms. The lowest BCUT2D eigenvalue weighted by atomic mass is 10.4. The fourth-order valence-corrected chi connectivity index (χ4v) is 2.04. The highest BCUT2D eigenvalue weighted by atomic mass is 15.4. The zero-order valence-electron chi connectivity index (χ0n) is 12.7. The molecule has 0 aromatic carbocycles. The standard InChI is InChI=1S/C13H21N7/c1-6-19(7-2)12-15-11(14-5)16-13(17-12)20-10(4)8-9(3)18-20/h8H,6-7H2,1-5H3,(H,14,15,16,17). The third-order valence-corrected chi connectivity index (χ3v) is 3.08. The van der Waals surface area contributed by atoms with Crippen molar-refractivity contribution in [2.24, 2.45) is 0 Å². The van der Waals surface area contributed by atoms with Gasteiger partial charge in [0, 0.05) is 25.8 Å². The van der Waals surface area contributed by atoms with Crippen molar-refractivity contribution < 1.29 is 0 Å². The van der Waals surface area contributed by atoms with Crippen molar-refractivity contribution in [3.8, 4) is 5.95 Å². The average Bonchev–Trinajstić information content (AvgIpc) is 2.79. The summed E-state index contributed by atoms with van der Waals surface area (Å²) < 4.78 is 1.74. The Morgan fingerprint density at radius 3 is 2.35 bits per heavy atom. The number of aryl methyl sites for hydroxylation is 2. The maximum absolute atomic E-state index is 4.53. The molecule has 0 aliphatic carbocycles. The fraction of sp³-hybridized carbons (Fsp3) is 0.538. The Hall–Kier alpha value is -2.18. The highest BCUT2D eigenvalue weighted by molar-refractivity contribution is 5.40. The molecule has 0 atom stereocenters. The van der Waals surface area contributed by atoms with Gasteiger partial charge in [0.15, 0.2) is 0 Å². The molecular weight excluding hydrogens is 254 g/mol. The van der Waals surface area contributed by atoms with Crippen molar-refractivity contribution in [2.75, 3.05) is 30.4 Å². The van der Waals surface area contributed by atoms with Gasteiger partial charge in [-0.05, 0) is 33.8 Å². The lowest BCUT2D eigenvalue weighted by molar-refractivity contribution is 0.744. The van der Waals surface area contributed by atoms with E-state index in [1.165, 1.54) is 0 Å². The number of nitrogens with zero attached hydrogens (tertiary/aromatic N) is 6. The molecule has 1 N–H and O–H groups in total. The summed E-state index contributed by atoms with van der Waals surface area (Å²) in [5.41, 5.74) is 1.94. The van der Waals surface area contributed by atoms with Gasteiger partial charge in [-0.15, -0.1) is 0 Å². The van der Waals surface area contributed by atoms with Crippen LogP contribution in [0.3, 0.4) is 0 Å². The topological polar surface area (TPSA) is 71.8 Å². The van der Waals surface area contributed by atoms with Gasteiger partial charge in [0.05, 0.1) is 5.69 Å². The molecule has 2 aromatic heterocycles. The summed E-state index contributed by atoms with van der Waals surface area (Å²) in [4.78, 5) is 15.4. The Bertz CT molecular complexity index is 586. The molecule has 20 heavy (non-hydrogen) atoms. The molecule has 2 heterocycles. The third-order valence-electron chi connectivity index (χ3n) is 3.08. The normalized spacial score (nSPS) is 10.7. The zero-order valence-corrected chi connectivity index (χ0v) is 12.7. The second-order valence-corrected chi connectivity index (χ2v) is 4.52. The van der Waals surface area contributed by atoms with Crippen LogP contribution in [0, 0.1) is 13.8 Å². The van der Waals surface area contributed by atoms with Gasteiger partial charge in [-0.2, -0.15) is 20.1 Å². The Balaban J connectivity index is 2.53. The van der Waals surface area contributed by atoms with Crippen LogP contribution in [0.2, 0.25) is 0 Å². The largest absolute Gasteiger partial charge is 0.357 e. The van der Waals surface area contributed by atoms with Gasteiger partial charge in [0.2, 0.25) is 11.9 Å². The molecule has 7 heteroatoms. The fourth-order valence-electron chi connectivity index (χ4n) is 2.04. The Morgan fingerprint density at radius 1 is 1.15 bits per heavy atom. The number of anilines is 2. The molecule has 0 aliphatic rings. The lowest BCUT2D eigenvalue weighted by Gasteiger charge is -2.19. The third kappa shape index (κ3) is 2.71. The highest BCUT2D eigenvalue weighted by Crippen LogP contribution is 2.14. The Morgan fingerprint density at radius 2 is 1.85 bits per heavy atom. The number of rotatable bonds is 5. The van der Waals surface area contributed by atoms with Crippen molar-refractivity contribution in [2.45, 2.75) is 27.7 Å². The number of nitrogens with one attached hydrogen (secondary N) is 1. The molecule has 7 nitrogen and oxygen atoms in total. The summed E-state index contributed by atoms with van der Waals surface area (Å²) in [5.74, 6) is 1.75. The van der Waals surface area contributed by atoms with Crippen LogP contribution in [0.4, 0.5) is 11.9 Å². The summed E-state index contributed by atoms with van der Waals surface area (Å²) in [6.45, 7) is 9.79. The van der Waals surface area contributed by atoms with Crippen LogP contribution in [-0.2, 0) is 0 Å².